The van der Waals surface area contributed by atoms with Crippen molar-refractivity contribution < 1.29 is 0 Å². The van der Waals surface area contributed by atoms with Gasteiger partial charge in [0.1, 0.15) is 27.2 Å². The summed E-state index contributed by atoms with van der Waals surface area (Å²) in [4.78, 5) is 4.29. The quantitative estimate of drug-likeness (QED) is 0.911. The van der Waals surface area contributed by atoms with Crippen LogP contribution in [0.4, 0.5) is 0 Å². The van der Waals surface area contributed by atoms with Crippen molar-refractivity contribution in [1.82, 2.24) is 20.5 Å². The number of hydrogen-bond acceptors (Lipinski definition) is 7. The molecule has 0 aromatic carbocycles. The van der Waals surface area contributed by atoms with Crippen molar-refractivity contribution in [2.24, 2.45) is 10.1 Å². The van der Waals surface area contributed by atoms with Crippen molar-refractivity contribution >= 4 is 34.3 Å². The Kier molecular flexibility index (Phi) is 3.00. The number of allylic oxidation sites excluding steroid dienone is 1. The minimum Gasteiger partial charge on any atom is -0.364 e. The molecule has 0 amide bonds. The van der Waals surface area contributed by atoms with Gasteiger partial charge in [-0.15, -0.1) is 10.2 Å². The highest BCUT2D eigenvalue weighted by atomic mass is 35.5. The zero-order chi connectivity index (χ0) is 12.5. The van der Waals surface area contributed by atoms with Crippen LogP contribution in [0.25, 0.3) is 0 Å². The molecule has 94 valence electrons. The molecule has 6 nitrogen and oxygen atoms in total. The molecule has 1 aromatic rings. The molecule has 2 aliphatic heterocycles. The van der Waals surface area contributed by atoms with Gasteiger partial charge in [-0.2, -0.15) is 5.10 Å². The molecule has 3 rings (SSSR count). The average molecular weight is 283 g/mol. The van der Waals surface area contributed by atoms with Crippen molar-refractivity contribution in [2.45, 2.75) is 26.1 Å². The summed E-state index contributed by atoms with van der Waals surface area (Å²) in [6, 6.07) is 0. The van der Waals surface area contributed by atoms with Crippen LogP contribution in [0, 0.1) is 6.92 Å². The van der Waals surface area contributed by atoms with E-state index in [0.717, 1.165) is 22.3 Å². The van der Waals surface area contributed by atoms with E-state index in [0.29, 0.717) is 11.7 Å². The van der Waals surface area contributed by atoms with Crippen LogP contribution in [0.15, 0.2) is 22.0 Å². The monoisotopic (exact) mass is 282 g/mol. The lowest BCUT2D eigenvalue weighted by molar-refractivity contribution is 0.277. The van der Waals surface area contributed by atoms with E-state index in [1.54, 1.807) is 17.4 Å². The van der Waals surface area contributed by atoms with Crippen molar-refractivity contribution in [2.75, 3.05) is 0 Å². The van der Waals surface area contributed by atoms with Gasteiger partial charge in [-0.1, -0.05) is 22.9 Å². The maximum Gasteiger partial charge on any atom is 0.150 e. The first kappa shape index (κ1) is 11.6. The summed E-state index contributed by atoms with van der Waals surface area (Å²) < 4.78 is 0. The maximum atomic E-state index is 5.99. The molecule has 0 fully saturated rings. The number of halogens is 1. The summed E-state index contributed by atoms with van der Waals surface area (Å²) in [7, 11) is 0. The number of aliphatic imine (C=N–C) groups is 1. The van der Waals surface area contributed by atoms with E-state index in [4.69, 9.17) is 11.6 Å². The van der Waals surface area contributed by atoms with E-state index in [-0.39, 0.29) is 6.17 Å². The summed E-state index contributed by atoms with van der Waals surface area (Å²) >= 11 is 7.56. The van der Waals surface area contributed by atoms with Crippen molar-refractivity contribution in [3.05, 3.63) is 21.9 Å². The van der Waals surface area contributed by atoms with Gasteiger partial charge in [-0.3, -0.25) is 0 Å². The molecule has 18 heavy (non-hydrogen) atoms. The number of nitrogens with zero attached hydrogens (tertiary/aromatic N) is 5. The highest BCUT2D eigenvalue weighted by molar-refractivity contribution is 7.11. The molecule has 2 aliphatic rings. The van der Waals surface area contributed by atoms with E-state index < -0.39 is 0 Å². The van der Waals surface area contributed by atoms with Gasteiger partial charge in [0.15, 0.2) is 0 Å². The van der Waals surface area contributed by atoms with Crippen molar-refractivity contribution in [3.8, 4) is 0 Å². The van der Waals surface area contributed by atoms with Crippen LogP contribution in [0.5, 0.6) is 0 Å². The SMILES string of the molecule is Cc1nnc(CNC2=CC(Cl)=NC3CC=NN23)s1. The largest absolute Gasteiger partial charge is 0.364 e. The predicted molar refractivity (Wildman–Crippen MR) is 71.6 cm³/mol. The summed E-state index contributed by atoms with van der Waals surface area (Å²) in [6.45, 7) is 2.55. The van der Waals surface area contributed by atoms with E-state index in [1.165, 1.54) is 0 Å². The number of hydrogen-bond donors (Lipinski definition) is 1. The number of hydrazone groups is 1. The summed E-state index contributed by atoms with van der Waals surface area (Å²) in [5.74, 6) is 0.849. The molecule has 8 heteroatoms. The molecule has 0 radical (unpaired) electrons. The number of rotatable bonds is 3. The highest BCUT2D eigenvalue weighted by Gasteiger charge is 2.27. The Morgan fingerprint density at radius 2 is 2.44 bits per heavy atom. The molecule has 1 unspecified atom stereocenters. The third-order valence-corrected chi connectivity index (χ3v) is 3.61. The highest BCUT2D eigenvalue weighted by Crippen LogP contribution is 2.22. The third-order valence-electron chi connectivity index (χ3n) is 2.57. The summed E-state index contributed by atoms with van der Waals surface area (Å²) in [6.07, 6.45) is 4.39. The van der Waals surface area contributed by atoms with Crippen molar-refractivity contribution in [3.63, 3.8) is 0 Å². The van der Waals surface area contributed by atoms with Crippen LogP contribution in [-0.4, -0.2) is 32.8 Å². The Hall–Kier alpha value is -1.47. The zero-order valence-corrected chi connectivity index (χ0v) is 11.2. The molecular weight excluding hydrogens is 272 g/mol. The fourth-order valence-corrected chi connectivity index (χ4v) is 2.67. The number of nitrogens with one attached hydrogen (secondary N) is 1. The minimum atomic E-state index is -0.0128. The first-order valence-corrected chi connectivity index (χ1v) is 6.71. The van der Waals surface area contributed by atoms with Gasteiger partial charge in [-0.25, -0.2) is 10.0 Å². The molecule has 3 heterocycles. The fourth-order valence-electron chi connectivity index (χ4n) is 1.80. The second kappa shape index (κ2) is 4.66. The molecule has 1 aromatic heterocycles. The molecule has 0 bridgehead atoms. The zero-order valence-electron chi connectivity index (χ0n) is 9.67. The lowest BCUT2D eigenvalue weighted by Gasteiger charge is -2.26. The Morgan fingerprint density at radius 1 is 1.56 bits per heavy atom. The number of aromatic nitrogens is 2. The van der Waals surface area contributed by atoms with Crippen LogP contribution >= 0.6 is 22.9 Å². The van der Waals surface area contributed by atoms with Gasteiger partial charge in [0, 0.05) is 18.7 Å². The second-order valence-corrected chi connectivity index (χ2v) is 5.56. The van der Waals surface area contributed by atoms with Gasteiger partial charge < -0.3 is 5.32 Å². The Morgan fingerprint density at radius 3 is 3.22 bits per heavy atom. The predicted octanol–water partition coefficient (Wildman–Crippen LogP) is 1.45. The Labute approximate surface area is 113 Å². The van der Waals surface area contributed by atoms with E-state index >= 15 is 0 Å². The Balaban J connectivity index is 1.71. The molecule has 0 saturated heterocycles. The molecular formula is C10H11ClN6S. The molecule has 0 saturated carbocycles. The topological polar surface area (TPSA) is 65.8 Å². The standard InChI is InChI=1S/C10H11ClN6S/c1-6-15-16-10(18-6)5-12-9-4-7(11)14-8-2-3-13-17(8)9/h3-4,8,12H,2,5H2,1H3. The van der Waals surface area contributed by atoms with Crippen LogP contribution in [0.2, 0.25) is 0 Å². The lowest BCUT2D eigenvalue weighted by atomic mass is 10.3. The third kappa shape index (κ3) is 2.23. The molecule has 1 N–H and O–H groups in total. The fraction of sp³-hybridized carbons (Fsp3) is 0.400. The molecule has 1 atom stereocenters. The smallest absolute Gasteiger partial charge is 0.150 e. The van der Waals surface area contributed by atoms with Gasteiger partial charge in [0.05, 0.1) is 6.54 Å². The molecule has 0 spiro atoms. The lowest BCUT2D eigenvalue weighted by Crippen LogP contribution is -2.35. The average Bonchev–Trinajstić information content (AvgIpc) is 2.94. The van der Waals surface area contributed by atoms with Crippen LogP contribution in [-0.2, 0) is 6.54 Å². The van der Waals surface area contributed by atoms with E-state index in [9.17, 15) is 0 Å². The van der Waals surface area contributed by atoms with Crippen molar-refractivity contribution in [1.29, 1.82) is 0 Å². The molecule has 0 aliphatic carbocycles. The first-order chi connectivity index (χ1) is 8.72. The minimum absolute atomic E-state index is 0.0128. The van der Waals surface area contributed by atoms with Crippen LogP contribution in [0.1, 0.15) is 16.4 Å². The van der Waals surface area contributed by atoms with Crippen LogP contribution < -0.4 is 5.32 Å². The van der Waals surface area contributed by atoms with E-state index in [2.05, 4.69) is 25.6 Å². The van der Waals surface area contributed by atoms with Gasteiger partial charge >= 0.3 is 0 Å². The number of aryl methyl sites for hydroxylation is 1. The van der Waals surface area contributed by atoms with Gasteiger partial charge in [0.2, 0.25) is 0 Å². The van der Waals surface area contributed by atoms with E-state index in [1.807, 2.05) is 18.1 Å². The summed E-state index contributed by atoms with van der Waals surface area (Å²) in [5.41, 5.74) is 0. The number of fused-ring (bicyclic) bond motifs is 1. The normalized spacial score (nSPS) is 21.7. The van der Waals surface area contributed by atoms with Crippen LogP contribution in [0.3, 0.4) is 0 Å². The summed E-state index contributed by atoms with van der Waals surface area (Å²) in [5, 5.41) is 19.8. The Bertz CT molecular complexity index is 548. The van der Waals surface area contributed by atoms with Gasteiger partial charge in [-0.05, 0) is 6.92 Å². The van der Waals surface area contributed by atoms with Gasteiger partial charge in [0.25, 0.3) is 0 Å². The first-order valence-electron chi connectivity index (χ1n) is 5.52. The maximum absolute atomic E-state index is 5.99. The second-order valence-electron chi connectivity index (χ2n) is 3.91.